The van der Waals surface area contributed by atoms with Gasteiger partial charge in [-0.1, -0.05) is 12.5 Å². The third-order valence-corrected chi connectivity index (χ3v) is 5.14. The Kier molecular flexibility index (Phi) is 5.79. The smallest absolute Gasteiger partial charge is 0.433 e. The first-order valence-electron chi connectivity index (χ1n) is 7.87. The Morgan fingerprint density at radius 2 is 1.96 bits per heavy atom. The highest BCUT2D eigenvalue weighted by atomic mass is 35.5. The van der Waals surface area contributed by atoms with Crippen LogP contribution in [0.4, 0.5) is 13.2 Å². The van der Waals surface area contributed by atoms with Gasteiger partial charge in [0.05, 0.1) is 6.61 Å². The van der Waals surface area contributed by atoms with Crippen molar-refractivity contribution < 1.29 is 17.9 Å². The van der Waals surface area contributed by atoms with Gasteiger partial charge in [0.15, 0.2) is 0 Å². The van der Waals surface area contributed by atoms with E-state index in [1.54, 1.807) is 0 Å². The first kappa shape index (κ1) is 18.3. The molecule has 1 saturated carbocycles. The number of alkyl halides is 3. The molecule has 1 N–H and O–H groups in total. The van der Waals surface area contributed by atoms with Crippen LogP contribution >= 0.6 is 12.4 Å². The number of halogens is 4. The van der Waals surface area contributed by atoms with Crippen molar-refractivity contribution in [3.63, 3.8) is 0 Å². The van der Waals surface area contributed by atoms with Crippen LogP contribution in [-0.2, 0) is 6.18 Å². The maximum Gasteiger partial charge on any atom is 0.433 e. The number of nitrogens with zero attached hydrogens (tertiary/aromatic N) is 1. The summed E-state index contributed by atoms with van der Waals surface area (Å²) in [6.45, 7) is 2.52. The van der Waals surface area contributed by atoms with Gasteiger partial charge >= 0.3 is 6.18 Å². The number of aromatic nitrogens is 1. The summed E-state index contributed by atoms with van der Waals surface area (Å²) in [5.41, 5.74) is -0.583. The molecular formula is C16H22ClF3N2O. The molecule has 1 saturated heterocycles. The van der Waals surface area contributed by atoms with E-state index < -0.39 is 11.9 Å². The molecule has 1 aromatic heterocycles. The highest BCUT2D eigenvalue weighted by Gasteiger charge is 2.43. The minimum absolute atomic E-state index is 0. The third-order valence-electron chi connectivity index (χ3n) is 5.14. The minimum atomic E-state index is -4.43. The molecule has 1 aliphatic heterocycles. The highest BCUT2D eigenvalue weighted by Crippen LogP contribution is 2.49. The van der Waals surface area contributed by atoms with Gasteiger partial charge in [0.1, 0.15) is 5.69 Å². The molecule has 1 aliphatic carbocycles. The van der Waals surface area contributed by atoms with Crippen LogP contribution < -0.4 is 10.1 Å². The Balaban J connectivity index is 0.00000192. The molecule has 0 aromatic carbocycles. The lowest BCUT2D eigenvalue weighted by Gasteiger charge is -2.39. The van der Waals surface area contributed by atoms with Gasteiger partial charge in [-0.15, -0.1) is 12.4 Å². The highest BCUT2D eigenvalue weighted by molar-refractivity contribution is 5.85. The molecule has 2 heterocycles. The quantitative estimate of drug-likeness (QED) is 0.892. The second-order valence-electron chi connectivity index (χ2n) is 6.37. The second-order valence-corrected chi connectivity index (χ2v) is 6.37. The van der Waals surface area contributed by atoms with Gasteiger partial charge < -0.3 is 10.1 Å². The van der Waals surface area contributed by atoms with E-state index in [0.717, 1.165) is 38.4 Å². The number of rotatable bonds is 3. The van der Waals surface area contributed by atoms with Crippen molar-refractivity contribution in [3.05, 3.63) is 23.9 Å². The van der Waals surface area contributed by atoms with E-state index in [1.165, 1.54) is 25.0 Å². The van der Waals surface area contributed by atoms with Gasteiger partial charge in [-0.25, -0.2) is 4.98 Å². The predicted molar refractivity (Wildman–Crippen MR) is 83.9 cm³/mol. The zero-order valence-corrected chi connectivity index (χ0v) is 13.7. The molecule has 1 unspecified atom stereocenters. The summed E-state index contributed by atoms with van der Waals surface area (Å²) >= 11 is 0. The van der Waals surface area contributed by atoms with Crippen LogP contribution in [-0.4, -0.2) is 24.7 Å². The summed E-state index contributed by atoms with van der Waals surface area (Å²) in [6, 6.07) is 3.82. The normalized spacial score (nSPS) is 23.5. The fourth-order valence-corrected chi connectivity index (χ4v) is 3.89. The summed E-state index contributed by atoms with van der Waals surface area (Å²) in [5, 5.41) is 3.38. The van der Waals surface area contributed by atoms with Gasteiger partial charge in [-0.05, 0) is 56.2 Å². The summed E-state index contributed by atoms with van der Waals surface area (Å²) in [4.78, 5) is 3.58. The molecule has 1 aromatic rings. The molecule has 130 valence electrons. The van der Waals surface area contributed by atoms with E-state index >= 15 is 0 Å². The maximum absolute atomic E-state index is 12.7. The zero-order valence-electron chi connectivity index (χ0n) is 12.9. The maximum atomic E-state index is 12.7. The summed E-state index contributed by atoms with van der Waals surface area (Å²) < 4.78 is 43.6. The molecule has 2 fully saturated rings. The van der Waals surface area contributed by atoms with Crippen molar-refractivity contribution in [1.29, 1.82) is 0 Å². The van der Waals surface area contributed by atoms with E-state index in [-0.39, 0.29) is 18.3 Å². The van der Waals surface area contributed by atoms with Crippen molar-refractivity contribution in [2.24, 2.45) is 11.3 Å². The fraction of sp³-hybridized carbons (Fsp3) is 0.688. The molecule has 2 aliphatic rings. The summed E-state index contributed by atoms with van der Waals surface area (Å²) in [5.74, 6) is 0.497. The zero-order chi connectivity index (χ0) is 15.6. The van der Waals surface area contributed by atoms with Gasteiger partial charge in [0, 0.05) is 6.07 Å². The number of pyridine rings is 1. The van der Waals surface area contributed by atoms with E-state index in [1.807, 2.05) is 0 Å². The van der Waals surface area contributed by atoms with Crippen molar-refractivity contribution in [2.75, 3.05) is 19.7 Å². The SMILES string of the molecule is Cl.FC(F)(F)c1cccc(OCC2CCCC23CCNCC3)n1. The average molecular weight is 351 g/mol. The van der Waals surface area contributed by atoms with Crippen LogP contribution in [0.2, 0.25) is 0 Å². The van der Waals surface area contributed by atoms with Crippen molar-refractivity contribution in [2.45, 2.75) is 38.3 Å². The van der Waals surface area contributed by atoms with Crippen LogP contribution in [0.15, 0.2) is 18.2 Å². The Labute approximate surface area is 140 Å². The van der Waals surface area contributed by atoms with E-state index in [2.05, 4.69) is 10.3 Å². The number of hydrogen-bond acceptors (Lipinski definition) is 3. The van der Waals surface area contributed by atoms with Crippen LogP contribution in [0, 0.1) is 11.3 Å². The predicted octanol–water partition coefficient (Wildman–Crippen LogP) is 4.07. The standard InChI is InChI=1S/C16H21F3N2O.ClH/c17-16(18,19)13-4-1-5-14(21-13)22-11-12-3-2-6-15(12)7-9-20-10-8-15;/h1,4-5,12,20H,2-3,6-11H2;1H. The molecule has 1 spiro atoms. The number of hydrogen-bond donors (Lipinski definition) is 1. The molecule has 3 rings (SSSR count). The van der Waals surface area contributed by atoms with Crippen molar-refractivity contribution >= 4 is 12.4 Å². The third kappa shape index (κ3) is 4.10. The fourth-order valence-electron chi connectivity index (χ4n) is 3.89. The molecular weight excluding hydrogens is 329 g/mol. The first-order valence-corrected chi connectivity index (χ1v) is 7.87. The molecule has 7 heteroatoms. The summed E-state index contributed by atoms with van der Waals surface area (Å²) in [6.07, 6.45) is 1.33. The van der Waals surface area contributed by atoms with Crippen LogP contribution in [0.5, 0.6) is 5.88 Å². The van der Waals surface area contributed by atoms with Crippen LogP contribution in [0.25, 0.3) is 0 Å². The molecule has 0 bridgehead atoms. The van der Waals surface area contributed by atoms with Crippen molar-refractivity contribution in [1.82, 2.24) is 10.3 Å². The van der Waals surface area contributed by atoms with E-state index in [9.17, 15) is 13.2 Å². The number of piperidine rings is 1. The first-order chi connectivity index (χ1) is 10.5. The Morgan fingerprint density at radius 3 is 2.65 bits per heavy atom. The monoisotopic (exact) mass is 350 g/mol. The summed E-state index contributed by atoms with van der Waals surface area (Å²) in [7, 11) is 0. The average Bonchev–Trinajstić information content (AvgIpc) is 2.87. The van der Waals surface area contributed by atoms with E-state index in [0.29, 0.717) is 17.9 Å². The van der Waals surface area contributed by atoms with Crippen LogP contribution in [0.3, 0.4) is 0 Å². The Morgan fingerprint density at radius 1 is 1.22 bits per heavy atom. The molecule has 23 heavy (non-hydrogen) atoms. The van der Waals surface area contributed by atoms with Gasteiger partial charge in [-0.2, -0.15) is 13.2 Å². The molecule has 0 amide bonds. The lowest BCUT2D eigenvalue weighted by molar-refractivity contribution is -0.141. The van der Waals surface area contributed by atoms with E-state index in [4.69, 9.17) is 4.74 Å². The Hall–Kier alpha value is -1.01. The lowest BCUT2D eigenvalue weighted by Crippen LogP contribution is -2.40. The molecule has 0 radical (unpaired) electrons. The topological polar surface area (TPSA) is 34.1 Å². The van der Waals surface area contributed by atoms with Gasteiger partial charge in [-0.3, -0.25) is 0 Å². The molecule has 3 nitrogen and oxygen atoms in total. The van der Waals surface area contributed by atoms with Crippen molar-refractivity contribution in [3.8, 4) is 5.88 Å². The largest absolute Gasteiger partial charge is 0.477 e. The Bertz CT molecular complexity index is 518. The molecule has 1 atom stereocenters. The lowest BCUT2D eigenvalue weighted by atomic mass is 9.71. The number of nitrogens with one attached hydrogen (secondary N) is 1. The second kappa shape index (κ2) is 7.26. The van der Waals surface area contributed by atoms with Gasteiger partial charge in [0.2, 0.25) is 5.88 Å². The number of ether oxygens (including phenoxy) is 1. The van der Waals surface area contributed by atoms with Crippen LogP contribution in [0.1, 0.15) is 37.8 Å². The minimum Gasteiger partial charge on any atom is -0.477 e. The van der Waals surface area contributed by atoms with Gasteiger partial charge in [0.25, 0.3) is 0 Å².